The van der Waals surface area contributed by atoms with Crippen LogP contribution in [-0.2, 0) is 4.74 Å². The molecule has 6 nitrogen and oxygen atoms in total. The number of fused-ring (bicyclic) bond motifs is 1. The number of phenols is 1. The molecule has 0 saturated heterocycles. The molecular weight excluding hydrogens is 310 g/mol. The lowest BCUT2D eigenvalue weighted by atomic mass is 10.0. The van der Waals surface area contributed by atoms with Crippen LogP contribution in [0.4, 0.5) is 4.79 Å². The van der Waals surface area contributed by atoms with Gasteiger partial charge in [0, 0.05) is 11.6 Å². The van der Waals surface area contributed by atoms with Crippen molar-refractivity contribution >= 4 is 23.0 Å². The Hall–Kier alpha value is -3.28. The molecule has 0 fully saturated rings. The highest BCUT2D eigenvalue weighted by molar-refractivity contribution is 6.07. The van der Waals surface area contributed by atoms with Crippen molar-refractivity contribution in [3.05, 3.63) is 54.2 Å². The SMILES string of the molecule is CCOC(=O)c1cn(C(=O)O)c2cc(-c3ccc(O)cc3)ccc12. The third-order valence-corrected chi connectivity index (χ3v) is 3.71. The van der Waals surface area contributed by atoms with Crippen LogP contribution in [0.15, 0.2) is 48.7 Å². The summed E-state index contributed by atoms with van der Waals surface area (Å²) in [6, 6.07) is 11.8. The summed E-state index contributed by atoms with van der Waals surface area (Å²) >= 11 is 0. The number of rotatable bonds is 3. The second-order valence-electron chi connectivity index (χ2n) is 5.19. The summed E-state index contributed by atoms with van der Waals surface area (Å²) in [4.78, 5) is 23.5. The number of aromatic nitrogens is 1. The maximum Gasteiger partial charge on any atom is 0.416 e. The van der Waals surface area contributed by atoms with Crippen molar-refractivity contribution in [2.24, 2.45) is 0 Å². The zero-order valence-electron chi connectivity index (χ0n) is 12.9. The molecule has 0 aliphatic carbocycles. The molecule has 0 bridgehead atoms. The van der Waals surface area contributed by atoms with Gasteiger partial charge < -0.3 is 14.9 Å². The number of carbonyl (C=O) groups is 2. The molecule has 2 aromatic carbocycles. The minimum Gasteiger partial charge on any atom is -0.508 e. The summed E-state index contributed by atoms with van der Waals surface area (Å²) in [6.07, 6.45) is 0.0874. The Morgan fingerprint density at radius 3 is 2.38 bits per heavy atom. The average molecular weight is 325 g/mol. The lowest BCUT2D eigenvalue weighted by Gasteiger charge is -2.04. The van der Waals surface area contributed by atoms with E-state index >= 15 is 0 Å². The maximum atomic E-state index is 12.0. The maximum absolute atomic E-state index is 12.0. The molecule has 1 heterocycles. The summed E-state index contributed by atoms with van der Waals surface area (Å²) in [5.74, 6) is -0.404. The van der Waals surface area contributed by atoms with Crippen LogP contribution in [0.3, 0.4) is 0 Å². The lowest BCUT2D eigenvalue weighted by Crippen LogP contribution is -2.07. The van der Waals surface area contributed by atoms with E-state index in [9.17, 15) is 19.8 Å². The molecule has 3 aromatic rings. The van der Waals surface area contributed by atoms with Crippen LogP contribution in [0.5, 0.6) is 5.75 Å². The van der Waals surface area contributed by atoms with Gasteiger partial charge in [0.2, 0.25) is 0 Å². The van der Waals surface area contributed by atoms with Crippen LogP contribution in [0, 0.1) is 0 Å². The molecule has 24 heavy (non-hydrogen) atoms. The second-order valence-corrected chi connectivity index (χ2v) is 5.19. The Morgan fingerprint density at radius 2 is 1.75 bits per heavy atom. The third-order valence-electron chi connectivity index (χ3n) is 3.71. The quantitative estimate of drug-likeness (QED) is 0.717. The van der Waals surface area contributed by atoms with Gasteiger partial charge in [-0.15, -0.1) is 0 Å². The van der Waals surface area contributed by atoms with Gasteiger partial charge in [0.25, 0.3) is 0 Å². The van der Waals surface area contributed by atoms with Crippen molar-refractivity contribution in [1.82, 2.24) is 4.57 Å². The van der Waals surface area contributed by atoms with Gasteiger partial charge in [-0.05, 0) is 36.2 Å². The molecule has 6 heteroatoms. The first-order valence-corrected chi connectivity index (χ1v) is 7.36. The number of ether oxygens (including phenoxy) is 1. The van der Waals surface area contributed by atoms with Gasteiger partial charge >= 0.3 is 12.1 Å². The van der Waals surface area contributed by atoms with E-state index in [-0.39, 0.29) is 17.9 Å². The Morgan fingerprint density at radius 1 is 1.08 bits per heavy atom. The van der Waals surface area contributed by atoms with E-state index < -0.39 is 12.1 Å². The fourth-order valence-corrected chi connectivity index (χ4v) is 2.59. The molecule has 0 aliphatic rings. The van der Waals surface area contributed by atoms with E-state index in [1.807, 2.05) is 0 Å². The van der Waals surface area contributed by atoms with Crippen LogP contribution in [0.25, 0.3) is 22.0 Å². The van der Waals surface area contributed by atoms with Gasteiger partial charge in [-0.25, -0.2) is 9.59 Å². The number of aromatic hydroxyl groups is 1. The van der Waals surface area contributed by atoms with Crippen LogP contribution >= 0.6 is 0 Å². The van der Waals surface area contributed by atoms with Gasteiger partial charge in [-0.1, -0.05) is 24.3 Å². The number of hydrogen-bond acceptors (Lipinski definition) is 4. The highest BCUT2D eigenvalue weighted by Gasteiger charge is 2.19. The molecule has 122 valence electrons. The average Bonchev–Trinajstić information content (AvgIpc) is 2.95. The Kier molecular flexibility index (Phi) is 3.95. The van der Waals surface area contributed by atoms with E-state index in [1.54, 1.807) is 49.4 Å². The summed E-state index contributed by atoms with van der Waals surface area (Å²) in [6.45, 7) is 1.90. The standard InChI is InChI=1S/C18H15NO5/c1-2-24-17(21)15-10-19(18(22)23)16-9-12(5-8-14(15)16)11-3-6-13(20)7-4-11/h3-10,20H,2H2,1H3,(H,22,23). The van der Waals surface area contributed by atoms with Crippen LogP contribution in [0.2, 0.25) is 0 Å². The first-order valence-electron chi connectivity index (χ1n) is 7.36. The number of esters is 1. The van der Waals surface area contributed by atoms with Gasteiger partial charge in [0.1, 0.15) is 5.75 Å². The smallest absolute Gasteiger partial charge is 0.416 e. The molecule has 0 saturated carbocycles. The van der Waals surface area contributed by atoms with Crippen LogP contribution in [0.1, 0.15) is 17.3 Å². The molecule has 0 radical (unpaired) electrons. The number of hydrogen-bond donors (Lipinski definition) is 2. The topological polar surface area (TPSA) is 88.8 Å². The van der Waals surface area contributed by atoms with Crippen molar-refractivity contribution in [2.45, 2.75) is 6.92 Å². The zero-order chi connectivity index (χ0) is 17.3. The first-order chi connectivity index (χ1) is 11.5. The normalized spacial score (nSPS) is 10.7. The van der Waals surface area contributed by atoms with E-state index in [0.29, 0.717) is 10.9 Å². The third kappa shape index (κ3) is 2.69. The van der Waals surface area contributed by atoms with E-state index in [1.165, 1.54) is 6.20 Å². The molecule has 2 N–H and O–H groups in total. The summed E-state index contributed by atoms with van der Waals surface area (Å²) in [5, 5.41) is 19.3. The predicted octanol–water partition coefficient (Wildman–Crippen LogP) is 3.72. The molecule has 0 atom stereocenters. The molecule has 0 aliphatic heterocycles. The Labute approximate surface area is 137 Å². The van der Waals surface area contributed by atoms with Crippen molar-refractivity contribution in [1.29, 1.82) is 0 Å². The van der Waals surface area contributed by atoms with Gasteiger partial charge in [-0.2, -0.15) is 0 Å². The molecular formula is C18H15NO5. The van der Waals surface area contributed by atoms with E-state index in [4.69, 9.17) is 4.74 Å². The Balaban J connectivity index is 2.18. The van der Waals surface area contributed by atoms with Crippen molar-refractivity contribution in [3.63, 3.8) is 0 Å². The zero-order valence-corrected chi connectivity index (χ0v) is 12.9. The summed E-state index contributed by atoms with van der Waals surface area (Å²) in [5.41, 5.74) is 2.21. The van der Waals surface area contributed by atoms with E-state index in [2.05, 4.69) is 0 Å². The largest absolute Gasteiger partial charge is 0.508 e. The Bertz CT molecular complexity index is 924. The highest BCUT2D eigenvalue weighted by Crippen LogP contribution is 2.29. The number of nitrogens with zero attached hydrogens (tertiary/aromatic N) is 1. The van der Waals surface area contributed by atoms with Crippen LogP contribution < -0.4 is 0 Å². The minimum absolute atomic E-state index is 0.151. The summed E-state index contributed by atoms with van der Waals surface area (Å²) in [7, 11) is 0. The molecule has 0 amide bonds. The molecule has 0 spiro atoms. The first kappa shape index (κ1) is 15.6. The number of carboxylic acid groups (broad SMARTS) is 1. The fraction of sp³-hybridized carbons (Fsp3) is 0.111. The van der Waals surface area contributed by atoms with Gasteiger partial charge in [0.05, 0.1) is 17.7 Å². The summed E-state index contributed by atoms with van der Waals surface area (Å²) < 4.78 is 5.99. The number of carbonyl (C=O) groups excluding carboxylic acids is 1. The molecule has 1 aromatic heterocycles. The van der Waals surface area contributed by atoms with Gasteiger partial charge in [0.15, 0.2) is 0 Å². The lowest BCUT2D eigenvalue weighted by molar-refractivity contribution is 0.0528. The predicted molar refractivity (Wildman–Crippen MR) is 88.4 cm³/mol. The number of phenolic OH excluding ortho intramolecular Hbond substituents is 1. The highest BCUT2D eigenvalue weighted by atomic mass is 16.5. The van der Waals surface area contributed by atoms with Crippen molar-refractivity contribution < 1.29 is 24.5 Å². The monoisotopic (exact) mass is 325 g/mol. The fourth-order valence-electron chi connectivity index (χ4n) is 2.59. The van der Waals surface area contributed by atoms with Gasteiger partial charge in [-0.3, -0.25) is 4.57 Å². The molecule has 0 unspecified atom stereocenters. The van der Waals surface area contributed by atoms with Crippen molar-refractivity contribution in [2.75, 3.05) is 6.61 Å². The number of benzene rings is 2. The molecule has 3 rings (SSSR count). The van der Waals surface area contributed by atoms with Crippen LogP contribution in [-0.4, -0.2) is 33.4 Å². The van der Waals surface area contributed by atoms with Crippen molar-refractivity contribution in [3.8, 4) is 16.9 Å². The minimum atomic E-state index is -1.18. The van der Waals surface area contributed by atoms with E-state index in [0.717, 1.165) is 15.7 Å². The second kappa shape index (κ2) is 6.08.